The van der Waals surface area contributed by atoms with Crippen molar-refractivity contribution >= 4 is 29.1 Å². The van der Waals surface area contributed by atoms with Gasteiger partial charge in [0.15, 0.2) is 5.78 Å². The lowest BCUT2D eigenvalue weighted by atomic mass is 10.1. The number of nitrogens with one attached hydrogen (secondary N) is 1. The summed E-state index contributed by atoms with van der Waals surface area (Å²) in [6.45, 7) is 4.72. The molecule has 194 valence electrons. The lowest BCUT2D eigenvalue weighted by Gasteiger charge is -2.20. The van der Waals surface area contributed by atoms with E-state index in [1.54, 1.807) is 12.1 Å². The first-order valence-electron chi connectivity index (χ1n) is 12.1. The maximum Gasteiger partial charge on any atom is 0.328 e. The maximum absolute atomic E-state index is 12.3. The number of carboxylic acids is 2. The Kier molecular flexibility index (Phi) is 19.1. The monoisotopic (exact) mass is 499 g/mol. The zero-order valence-electron chi connectivity index (χ0n) is 20.4. The smallest absolute Gasteiger partial charge is 0.328 e. The summed E-state index contributed by atoms with van der Waals surface area (Å²) in [7, 11) is 0. The molecule has 0 aliphatic heterocycles. The molecular weight excluding hydrogens is 458 g/mol. The van der Waals surface area contributed by atoms with E-state index in [4.69, 9.17) is 10.2 Å². The van der Waals surface area contributed by atoms with E-state index in [0.29, 0.717) is 30.0 Å². The molecule has 34 heavy (non-hydrogen) atoms. The van der Waals surface area contributed by atoms with Gasteiger partial charge in [-0.2, -0.15) is 0 Å². The third-order valence-corrected chi connectivity index (χ3v) is 6.31. The number of aliphatic carboxylic acids is 2. The van der Waals surface area contributed by atoms with Gasteiger partial charge in [-0.15, -0.1) is 11.3 Å². The highest BCUT2D eigenvalue weighted by Crippen LogP contribution is 2.27. The summed E-state index contributed by atoms with van der Waals surface area (Å²) in [6.07, 6.45) is 12.1. The summed E-state index contributed by atoms with van der Waals surface area (Å²) < 4.78 is 0. The molecule has 1 aromatic heterocycles. The molecule has 0 aromatic carbocycles. The van der Waals surface area contributed by atoms with Crippen LogP contribution in [-0.2, 0) is 9.59 Å². The summed E-state index contributed by atoms with van der Waals surface area (Å²) >= 11 is 1.35. The van der Waals surface area contributed by atoms with Crippen LogP contribution in [0.2, 0.25) is 0 Å². The van der Waals surface area contributed by atoms with Gasteiger partial charge in [0.1, 0.15) is 6.10 Å². The summed E-state index contributed by atoms with van der Waals surface area (Å²) in [4.78, 5) is 32.9. The molecule has 1 heterocycles. The minimum absolute atomic E-state index is 0.130. The van der Waals surface area contributed by atoms with E-state index in [1.165, 1.54) is 56.3 Å². The van der Waals surface area contributed by atoms with Crippen molar-refractivity contribution in [1.82, 2.24) is 5.32 Å². The predicted molar refractivity (Wildman–Crippen MR) is 134 cm³/mol. The normalized spacial score (nSPS) is 12.7. The molecule has 9 heteroatoms. The fourth-order valence-electron chi connectivity index (χ4n) is 3.26. The number of hydrogen-bond acceptors (Lipinski definition) is 7. The summed E-state index contributed by atoms with van der Waals surface area (Å²) in [5.74, 6) is -2.35. The molecule has 8 nitrogen and oxygen atoms in total. The van der Waals surface area contributed by atoms with Gasteiger partial charge in [-0.1, -0.05) is 65.2 Å². The lowest BCUT2D eigenvalue weighted by Crippen LogP contribution is -2.37. The van der Waals surface area contributed by atoms with Crippen LogP contribution in [0, 0.1) is 0 Å². The Bertz CT molecular complexity index is 717. The van der Waals surface area contributed by atoms with Crippen LogP contribution < -0.4 is 5.32 Å². The molecule has 0 saturated carbocycles. The number of aliphatic hydroxyl groups is 2. The van der Waals surface area contributed by atoms with Gasteiger partial charge in [-0.3, -0.25) is 4.79 Å². The number of Topliss-reactive ketones (excluding diaryl/α,β-unsaturated/α-hetero) is 1. The van der Waals surface area contributed by atoms with Crippen molar-refractivity contribution in [2.75, 3.05) is 13.2 Å². The lowest BCUT2D eigenvalue weighted by molar-refractivity contribution is -0.134. The van der Waals surface area contributed by atoms with E-state index in [9.17, 15) is 24.6 Å². The van der Waals surface area contributed by atoms with E-state index in [2.05, 4.69) is 12.2 Å². The van der Waals surface area contributed by atoms with Gasteiger partial charge in [-0.05, 0) is 25.1 Å². The van der Waals surface area contributed by atoms with Crippen LogP contribution in [-0.4, -0.2) is 57.3 Å². The topological polar surface area (TPSA) is 144 Å². The minimum Gasteiger partial charge on any atom is -0.478 e. The van der Waals surface area contributed by atoms with Gasteiger partial charge in [-0.25, -0.2) is 9.59 Å². The van der Waals surface area contributed by atoms with E-state index < -0.39 is 18.0 Å². The van der Waals surface area contributed by atoms with Crippen LogP contribution in [0.15, 0.2) is 24.3 Å². The Morgan fingerprint density at radius 2 is 1.44 bits per heavy atom. The zero-order chi connectivity index (χ0) is 25.8. The van der Waals surface area contributed by atoms with Crippen LogP contribution in [0.4, 0.5) is 0 Å². The van der Waals surface area contributed by atoms with Crippen molar-refractivity contribution in [2.45, 2.75) is 90.2 Å². The first kappa shape index (κ1) is 31.9. The number of ketones is 1. The molecule has 1 rings (SSSR count). The second-order valence-corrected chi connectivity index (χ2v) is 9.12. The minimum atomic E-state index is -1.26. The van der Waals surface area contributed by atoms with E-state index in [0.717, 1.165) is 17.7 Å². The van der Waals surface area contributed by atoms with E-state index in [-0.39, 0.29) is 18.4 Å². The number of unbranched alkanes of at least 4 members (excludes halogenated alkanes) is 8. The van der Waals surface area contributed by atoms with E-state index >= 15 is 0 Å². The summed E-state index contributed by atoms with van der Waals surface area (Å²) in [6, 6.07) is 3.22. The molecule has 0 radical (unpaired) electrons. The van der Waals surface area contributed by atoms with Crippen molar-refractivity contribution in [2.24, 2.45) is 0 Å². The number of hydrogen-bond donors (Lipinski definition) is 5. The second kappa shape index (κ2) is 20.3. The molecule has 5 N–H and O–H groups in total. The third kappa shape index (κ3) is 15.7. The third-order valence-electron chi connectivity index (χ3n) is 5.11. The number of carbonyl (C=O) groups is 3. The SMILES string of the molecule is CCCCCCCCCCCC(=O)c1ccc(C(O)C(CO)NCC)s1.O=C(O)/C=C\C(=O)O. The van der Waals surface area contributed by atoms with Crippen LogP contribution >= 0.6 is 11.3 Å². The van der Waals surface area contributed by atoms with Gasteiger partial charge in [0.05, 0.1) is 17.5 Å². The molecule has 0 fully saturated rings. The Labute approximate surface area is 206 Å². The van der Waals surface area contributed by atoms with Crippen molar-refractivity contribution in [1.29, 1.82) is 0 Å². The summed E-state index contributed by atoms with van der Waals surface area (Å²) in [5, 5.41) is 38.4. The summed E-state index contributed by atoms with van der Waals surface area (Å²) in [5.41, 5.74) is 0. The Morgan fingerprint density at radius 3 is 1.91 bits per heavy atom. The Morgan fingerprint density at radius 1 is 0.912 bits per heavy atom. The molecule has 0 spiro atoms. The first-order valence-corrected chi connectivity index (χ1v) is 12.9. The van der Waals surface area contributed by atoms with Crippen LogP contribution in [0.1, 0.15) is 98.7 Å². The number of rotatable bonds is 18. The molecule has 0 saturated heterocycles. The number of thiophene rings is 1. The molecule has 0 amide bonds. The Hall–Kier alpha value is -2.07. The average molecular weight is 500 g/mol. The molecule has 0 aliphatic carbocycles. The van der Waals surface area contributed by atoms with Crippen molar-refractivity contribution in [3.05, 3.63) is 34.0 Å². The van der Waals surface area contributed by atoms with Gasteiger partial charge < -0.3 is 25.7 Å². The Balaban J connectivity index is 0.00000116. The maximum atomic E-state index is 12.3. The number of carbonyl (C=O) groups excluding carboxylic acids is 1. The zero-order valence-corrected chi connectivity index (χ0v) is 21.2. The van der Waals surface area contributed by atoms with Crippen LogP contribution in [0.3, 0.4) is 0 Å². The van der Waals surface area contributed by atoms with Gasteiger partial charge in [0, 0.05) is 23.5 Å². The molecule has 0 aliphatic rings. The second-order valence-electron chi connectivity index (χ2n) is 8.01. The standard InChI is InChI=1S/C21H37NO3S.C4H4O4/c1-3-5-6-7-8-9-10-11-12-13-18(24)19-14-15-20(26-19)21(25)17(16-23)22-4-2;5-3(6)1-2-4(7)8/h14-15,17,21-23,25H,3-13,16H2,1-2H3;1-2H,(H,5,6)(H,7,8)/b;2-1-. The average Bonchev–Trinajstić information content (AvgIpc) is 3.30. The van der Waals surface area contributed by atoms with Gasteiger partial charge in [0.25, 0.3) is 0 Å². The fourth-order valence-corrected chi connectivity index (χ4v) is 4.29. The number of carboxylic acid groups (broad SMARTS) is 2. The number of aliphatic hydroxyl groups excluding tert-OH is 2. The quantitative estimate of drug-likeness (QED) is 0.112. The largest absolute Gasteiger partial charge is 0.478 e. The van der Waals surface area contributed by atoms with Crippen LogP contribution in [0.25, 0.3) is 0 Å². The number of likely N-dealkylation sites (N-methyl/N-ethyl adjacent to an activating group) is 1. The first-order chi connectivity index (χ1) is 16.3. The molecular formula is C25H41NO7S. The highest BCUT2D eigenvalue weighted by atomic mass is 32.1. The van der Waals surface area contributed by atoms with Crippen molar-refractivity contribution < 1.29 is 34.8 Å². The predicted octanol–water partition coefficient (Wildman–Crippen LogP) is 4.57. The van der Waals surface area contributed by atoms with Crippen LogP contribution in [0.5, 0.6) is 0 Å². The molecule has 0 bridgehead atoms. The van der Waals surface area contributed by atoms with Gasteiger partial charge in [0.2, 0.25) is 0 Å². The highest BCUT2D eigenvalue weighted by molar-refractivity contribution is 7.14. The fraction of sp³-hybridized carbons (Fsp3) is 0.640. The highest BCUT2D eigenvalue weighted by Gasteiger charge is 2.22. The van der Waals surface area contributed by atoms with Crippen molar-refractivity contribution in [3.63, 3.8) is 0 Å². The molecule has 1 aromatic rings. The molecule has 2 unspecified atom stereocenters. The molecule has 2 atom stereocenters. The van der Waals surface area contributed by atoms with Crippen molar-refractivity contribution in [3.8, 4) is 0 Å². The van der Waals surface area contributed by atoms with Gasteiger partial charge >= 0.3 is 11.9 Å². The van der Waals surface area contributed by atoms with E-state index in [1.807, 2.05) is 6.92 Å².